The molecular formula is C23H22F4N10O. The minimum atomic E-state index is -4.49. The zero-order valence-corrected chi connectivity index (χ0v) is 20.3. The number of hydrogen-bond donors (Lipinski definition) is 1. The molecule has 4 aromatic rings. The number of halogens is 4. The summed E-state index contributed by atoms with van der Waals surface area (Å²) in [6.07, 6.45) is -2.00. The summed E-state index contributed by atoms with van der Waals surface area (Å²) in [5.41, 5.74) is 0.333. The average molecular weight is 530 g/mol. The predicted octanol–water partition coefficient (Wildman–Crippen LogP) is 3.32. The van der Waals surface area contributed by atoms with E-state index >= 15 is 0 Å². The zero-order valence-electron chi connectivity index (χ0n) is 20.3. The molecule has 198 valence electrons. The van der Waals surface area contributed by atoms with Crippen molar-refractivity contribution in [2.45, 2.75) is 6.18 Å². The standard InChI is InChI=1S/C23H22F4N10O/c1-35(2)17-10-14(23(25,26)27)9-16(11-17)30-15-3-4-19(28-12-15)37-33-21(32-34-37)20-29-13-18(24)22(31-20)36-5-7-38-8-6-36/h3-4,9-13,30H,5-8H2,1-2H3. The minimum Gasteiger partial charge on any atom is -0.378 e. The van der Waals surface area contributed by atoms with E-state index in [4.69, 9.17) is 4.74 Å². The highest BCUT2D eigenvalue weighted by atomic mass is 19.4. The third-order valence-corrected chi connectivity index (χ3v) is 5.65. The van der Waals surface area contributed by atoms with Crippen LogP contribution in [0.3, 0.4) is 0 Å². The summed E-state index contributed by atoms with van der Waals surface area (Å²) in [7, 11) is 3.32. The normalized spacial score (nSPS) is 14.0. The fourth-order valence-corrected chi connectivity index (χ4v) is 3.71. The van der Waals surface area contributed by atoms with Gasteiger partial charge in [0, 0.05) is 38.6 Å². The van der Waals surface area contributed by atoms with Gasteiger partial charge in [-0.25, -0.2) is 19.3 Å². The first-order chi connectivity index (χ1) is 18.2. The Morgan fingerprint density at radius 3 is 2.45 bits per heavy atom. The van der Waals surface area contributed by atoms with Crippen LogP contribution in [0, 0.1) is 5.82 Å². The molecule has 1 aromatic carbocycles. The van der Waals surface area contributed by atoms with Crippen LogP contribution in [-0.4, -0.2) is 75.6 Å². The van der Waals surface area contributed by atoms with Gasteiger partial charge in [-0.15, -0.1) is 15.0 Å². The van der Waals surface area contributed by atoms with E-state index in [9.17, 15) is 17.6 Å². The van der Waals surface area contributed by atoms with E-state index in [0.717, 1.165) is 23.1 Å². The van der Waals surface area contributed by atoms with E-state index in [1.807, 2.05) is 0 Å². The molecule has 0 saturated carbocycles. The summed E-state index contributed by atoms with van der Waals surface area (Å²) in [6.45, 7) is 1.92. The van der Waals surface area contributed by atoms with Crippen molar-refractivity contribution in [3.8, 4) is 17.5 Å². The number of alkyl halides is 3. The molecule has 11 nitrogen and oxygen atoms in total. The van der Waals surface area contributed by atoms with Crippen molar-refractivity contribution in [3.63, 3.8) is 0 Å². The van der Waals surface area contributed by atoms with Crippen molar-refractivity contribution >= 4 is 22.9 Å². The molecule has 1 saturated heterocycles. The van der Waals surface area contributed by atoms with Crippen LogP contribution in [0.1, 0.15) is 5.56 Å². The number of pyridine rings is 1. The van der Waals surface area contributed by atoms with Crippen LogP contribution in [-0.2, 0) is 10.9 Å². The average Bonchev–Trinajstić information content (AvgIpc) is 3.39. The molecule has 0 radical (unpaired) electrons. The first kappa shape index (κ1) is 25.3. The summed E-state index contributed by atoms with van der Waals surface area (Å²) in [5.74, 6) is 0.0340. The monoisotopic (exact) mass is 530 g/mol. The van der Waals surface area contributed by atoms with E-state index < -0.39 is 17.6 Å². The fourth-order valence-electron chi connectivity index (χ4n) is 3.71. The Morgan fingerprint density at radius 1 is 0.974 bits per heavy atom. The van der Waals surface area contributed by atoms with E-state index in [1.54, 1.807) is 42.1 Å². The SMILES string of the molecule is CN(C)c1cc(Nc2ccc(-n3nnc(-c4ncc(F)c(N5CCOCC5)n4)n3)nc2)cc(C(F)(F)F)c1. The molecule has 1 aliphatic rings. The third-order valence-electron chi connectivity index (χ3n) is 5.65. The predicted molar refractivity (Wildman–Crippen MR) is 130 cm³/mol. The number of hydrogen-bond acceptors (Lipinski definition) is 10. The molecule has 1 fully saturated rings. The van der Waals surface area contributed by atoms with Gasteiger partial charge < -0.3 is 19.9 Å². The second-order valence-corrected chi connectivity index (χ2v) is 8.56. The van der Waals surface area contributed by atoms with E-state index in [1.165, 1.54) is 6.20 Å². The van der Waals surface area contributed by atoms with E-state index in [2.05, 4.69) is 35.7 Å². The van der Waals surface area contributed by atoms with Crippen molar-refractivity contribution in [1.82, 2.24) is 35.2 Å². The summed E-state index contributed by atoms with van der Waals surface area (Å²) in [4.78, 5) is 17.0. The maximum atomic E-state index is 14.3. The van der Waals surface area contributed by atoms with E-state index in [0.29, 0.717) is 43.5 Å². The summed E-state index contributed by atoms with van der Waals surface area (Å²) < 4.78 is 59.6. The summed E-state index contributed by atoms with van der Waals surface area (Å²) in [5, 5.41) is 15.1. The van der Waals surface area contributed by atoms with Crippen molar-refractivity contribution in [1.29, 1.82) is 0 Å². The van der Waals surface area contributed by atoms with Gasteiger partial charge in [0.05, 0.1) is 36.9 Å². The Morgan fingerprint density at radius 2 is 1.76 bits per heavy atom. The van der Waals surface area contributed by atoms with Crippen LogP contribution < -0.4 is 15.1 Å². The number of nitrogens with zero attached hydrogens (tertiary/aromatic N) is 9. The lowest BCUT2D eigenvalue weighted by Gasteiger charge is -2.27. The highest BCUT2D eigenvalue weighted by Crippen LogP contribution is 2.35. The zero-order chi connectivity index (χ0) is 26.9. The minimum absolute atomic E-state index is 0.0729. The van der Waals surface area contributed by atoms with Crippen LogP contribution in [0.2, 0.25) is 0 Å². The molecule has 1 aliphatic heterocycles. The molecule has 15 heteroatoms. The van der Waals surface area contributed by atoms with Crippen LogP contribution in [0.25, 0.3) is 17.5 Å². The van der Waals surface area contributed by atoms with Gasteiger partial charge in [-0.3, -0.25) is 0 Å². The number of morpholine rings is 1. The molecule has 0 atom stereocenters. The number of anilines is 4. The van der Waals surface area contributed by atoms with Gasteiger partial charge in [-0.05, 0) is 35.5 Å². The van der Waals surface area contributed by atoms with Gasteiger partial charge in [0.25, 0.3) is 0 Å². The molecule has 0 unspecified atom stereocenters. The number of aromatic nitrogens is 7. The summed E-state index contributed by atoms with van der Waals surface area (Å²) >= 11 is 0. The number of ether oxygens (including phenoxy) is 1. The molecule has 0 bridgehead atoms. The van der Waals surface area contributed by atoms with Gasteiger partial charge in [0.2, 0.25) is 11.6 Å². The van der Waals surface area contributed by atoms with Crippen molar-refractivity contribution in [2.24, 2.45) is 0 Å². The van der Waals surface area contributed by atoms with Crippen LogP contribution in [0.4, 0.5) is 40.4 Å². The highest BCUT2D eigenvalue weighted by Gasteiger charge is 2.31. The first-order valence-corrected chi connectivity index (χ1v) is 11.5. The Bertz CT molecular complexity index is 1420. The summed E-state index contributed by atoms with van der Waals surface area (Å²) in [6, 6.07) is 6.89. The highest BCUT2D eigenvalue weighted by molar-refractivity contribution is 5.66. The topological polar surface area (TPSA) is 110 Å². The van der Waals surface area contributed by atoms with Gasteiger partial charge in [-0.2, -0.15) is 13.2 Å². The second kappa shape index (κ2) is 10.2. The Kier molecular flexibility index (Phi) is 6.75. The van der Waals surface area contributed by atoms with Crippen molar-refractivity contribution in [2.75, 3.05) is 55.5 Å². The smallest absolute Gasteiger partial charge is 0.378 e. The van der Waals surface area contributed by atoms with Gasteiger partial charge in [0.15, 0.2) is 17.5 Å². The third kappa shape index (κ3) is 5.46. The number of benzene rings is 1. The Hall–Kier alpha value is -4.40. The maximum Gasteiger partial charge on any atom is 0.416 e. The molecule has 4 heterocycles. The molecule has 0 aliphatic carbocycles. The molecule has 0 amide bonds. The fraction of sp³-hybridized carbons (Fsp3) is 0.304. The van der Waals surface area contributed by atoms with Crippen molar-refractivity contribution in [3.05, 3.63) is 54.1 Å². The lowest BCUT2D eigenvalue weighted by molar-refractivity contribution is -0.137. The van der Waals surface area contributed by atoms with Crippen LogP contribution >= 0.6 is 0 Å². The lowest BCUT2D eigenvalue weighted by atomic mass is 10.1. The van der Waals surface area contributed by atoms with Gasteiger partial charge >= 0.3 is 6.18 Å². The molecule has 38 heavy (non-hydrogen) atoms. The molecule has 3 aromatic heterocycles. The van der Waals surface area contributed by atoms with Crippen molar-refractivity contribution < 1.29 is 22.3 Å². The number of rotatable bonds is 6. The molecule has 5 rings (SSSR count). The quantitative estimate of drug-likeness (QED) is 0.373. The lowest BCUT2D eigenvalue weighted by Crippen LogP contribution is -2.37. The largest absolute Gasteiger partial charge is 0.416 e. The van der Waals surface area contributed by atoms with Gasteiger partial charge in [0.1, 0.15) is 0 Å². The Balaban J connectivity index is 1.34. The van der Waals surface area contributed by atoms with Crippen LogP contribution in [0.15, 0.2) is 42.7 Å². The maximum absolute atomic E-state index is 14.3. The molecular weight excluding hydrogens is 508 g/mol. The number of nitrogens with one attached hydrogen (secondary N) is 1. The van der Waals surface area contributed by atoms with E-state index in [-0.39, 0.29) is 23.2 Å². The Labute approximate surface area is 214 Å². The molecule has 0 spiro atoms. The second-order valence-electron chi connectivity index (χ2n) is 8.56. The number of tetrazole rings is 1. The molecule has 1 N–H and O–H groups in total. The van der Waals surface area contributed by atoms with Gasteiger partial charge in [-0.1, -0.05) is 0 Å². The first-order valence-electron chi connectivity index (χ1n) is 11.5. The van der Waals surface area contributed by atoms with Crippen LogP contribution in [0.5, 0.6) is 0 Å².